The van der Waals surface area contributed by atoms with Gasteiger partial charge in [-0.1, -0.05) is 129 Å². The summed E-state index contributed by atoms with van der Waals surface area (Å²) in [7, 11) is 0. The smallest absolute Gasteiger partial charge is 0.126 e. The number of hydrogen-bond donors (Lipinski definition) is 0. The number of halogens is 8. The van der Waals surface area contributed by atoms with Crippen LogP contribution in [0.3, 0.4) is 0 Å². The Balaban J connectivity index is 1.72. The van der Waals surface area contributed by atoms with Crippen molar-refractivity contribution in [1.29, 1.82) is 0 Å². The average molecular weight is 804 g/mol. The van der Waals surface area contributed by atoms with Gasteiger partial charge in [0.1, 0.15) is 35.1 Å². The number of nitrogens with zero attached hydrogens (tertiary/aromatic N) is 6. The molecule has 0 aliphatic carbocycles. The van der Waals surface area contributed by atoms with Gasteiger partial charge in [0, 0.05) is 64.1 Å². The molecule has 2 aromatic heterocycles. The van der Waals surface area contributed by atoms with Crippen molar-refractivity contribution in [3.8, 4) is 0 Å². The van der Waals surface area contributed by atoms with E-state index in [1.54, 1.807) is 73.8 Å². The van der Waals surface area contributed by atoms with Crippen molar-refractivity contribution in [2.45, 2.75) is 22.6 Å². The van der Waals surface area contributed by atoms with Gasteiger partial charge in [0.2, 0.25) is 0 Å². The highest BCUT2D eigenvalue weighted by molar-refractivity contribution is 8.01. The van der Waals surface area contributed by atoms with Gasteiger partial charge in [-0.05, 0) is 59.7 Å². The van der Waals surface area contributed by atoms with Gasteiger partial charge in [0.05, 0.1) is 0 Å². The molecule has 0 fully saturated rings. The Bertz CT molecular complexity index is 1900. The second kappa shape index (κ2) is 14.4. The molecule has 0 aliphatic rings. The Morgan fingerprint density at radius 3 is 1.09 bits per heavy atom. The van der Waals surface area contributed by atoms with E-state index < -0.39 is 9.74 Å². The summed E-state index contributed by atoms with van der Waals surface area (Å²) in [4.78, 5) is -2.29. The summed E-state index contributed by atoms with van der Waals surface area (Å²) >= 11 is 55.0. The molecule has 0 N–H and O–H groups in total. The topological polar surface area (TPSA) is 61.4 Å². The van der Waals surface area contributed by atoms with Crippen LogP contribution < -0.4 is 0 Å². The van der Waals surface area contributed by atoms with Crippen molar-refractivity contribution in [1.82, 2.24) is 29.5 Å². The van der Waals surface area contributed by atoms with E-state index in [4.69, 9.17) is 92.8 Å². The zero-order valence-corrected chi connectivity index (χ0v) is 30.6. The second-order valence-electron chi connectivity index (χ2n) is 10.5. The van der Waals surface area contributed by atoms with Crippen LogP contribution in [0.2, 0.25) is 40.2 Å². The van der Waals surface area contributed by atoms with Crippen LogP contribution in [0.5, 0.6) is 0 Å². The first kappa shape index (κ1) is 34.7. The lowest BCUT2D eigenvalue weighted by molar-refractivity contribution is 0.470. The normalized spacial score (nSPS) is 14.1. The molecule has 0 radical (unpaired) electrons. The van der Waals surface area contributed by atoms with Crippen LogP contribution in [0.25, 0.3) is 0 Å². The van der Waals surface area contributed by atoms with Crippen molar-refractivity contribution < 1.29 is 0 Å². The third kappa shape index (κ3) is 7.11. The lowest BCUT2D eigenvalue weighted by Gasteiger charge is -2.45. The number of aromatic nitrogens is 6. The van der Waals surface area contributed by atoms with Crippen LogP contribution >= 0.6 is 105 Å². The Kier molecular flexibility index (Phi) is 10.6. The number of hydrogen-bond acceptors (Lipinski definition) is 5. The molecule has 47 heavy (non-hydrogen) atoms. The highest BCUT2D eigenvalue weighted by Crippen LogP contribution is 2.57. The summed E-state index contributed by atoms with van der Waals surface area (Å²) in [5.41, 5.74) is 2.91. The summed E-state index contributed by atoms with van der Waals surface area (Å²) in [6, 6.07) is 21.4. The standard InChI is InChI=1S/C32H20Cl8N6S/c33-21-3-1-19(27(37)9-21)13-31(45-15-41-42-16-45,25-7-5-23(35)11-29(25)39)47-32(46-17-43-44-18-46,26-8-6-24(36)12-30(26)40)14-20-2-4-22(34)10-28(20)38/h1-12,15-18H,13-14H2. The Hall–Kier alpha value is -2.17. The third-order valence-electron chi connectivity index (χ3n) is 7.60. The molecule has 0 aliphatic heterocycles. The maximum absolute atomic E-state index is 7.10. The van der Waals surface area contributed by atoms with Crippen molar-refractivity contribution >= 4 is 105 Å². The molecular formula is C32H20Cl8N6S. The number of thioether (sulfide) groups is 1. The summed E-state index contributed by atoms with van der Waals surface area (Å²) in [5, 5.41) is 20.5. The van der Waals surface area contributed by atoms with Gasteiger partial charge in [0.15, 0.2) is 0 Å². The molecule has 0 saturated heterocycles. The number of benzene rings is 4. The Morgan fingerprint density at radius 1 is 0.447 bits per heavy atom. The van der Waals surface area contributed by atoms with E-state index in [1.807, 2.05) is 33.4 Å². The maximum Gasteiger partial charge on any atom is 0.126 e. The fourth-order valence-electron chi connectivity index (χ4n) is 5.45. The average Bonchev–Trinajstić information content (AvgIpc) is 3.75. The van der Waals surface area contributed by atoms with Crippen molar-refractivity contribution in [3.05, 3.63) is 161 Å². The van der Waals surface area contributed by atoms with Crippen LogP contribution in [-0.4, -0.2) is 29.5 Å². The van der Waals surface area contributed by atoms with Crippen molar-refractivity contribution in [3.63, 3.8) is 0 Å². The molecule has 6 rings (SSSR count). The number of rotatable bonds is 10. The summed E-state index contributed by atoms with van der Waals surface area (Å²) in [6.07, 6.45) is 7.04. The molecule has 0 bridgehead atoms. The molecule has 240 valence electrons. The highest BCUT2D eigenvalue weighted by Gasteiger charge is 2.49. The SMILES string of the molecule is Clc1ccc(CC(SC(Cc2ccc(Cl)cc2Cl)(c2ccc(Cl)cc2Cl)n2cnnc2)(c2ccc(Cl)cc2Cl)n2cnnc2)c(Cl)c1. The van der Waals surface area contributed by atoms with Crippen LogP contribution in [0.1, 0.15) is 22.3 Å². The van der Waals surface area contributed by atoms with E-state index >= 15 is 0 Å². The van der Waals surface area contributed by atoms with E-state index in [9.17, 15) is 0 Å². The van der Waals surface area contributed by atoms with Crippen LogP contribution in [0.15, 0.2) is 98.1 Å². The van der Waals surface area contributed by atoms with Gasteiger partial charge in [-0.2, -0.15) is 0 Å². The summed E-state index contributed by atoms with van der Waals surface area (Å²) in [5.74, 6) is 0. The van der Waals surface area contributed by atoms with Crippen LogP contribution in [0, 0.1) is 0 Å². The largest absolute Gasteiger partial charge is 0.300 e. The van der Waals surface area contributed by atoms with Gasteiger partial charge in [0.25, 0.3) is 0 Å². The molecule has 2 atom stereocenters. The van der Waals surface area contributed by atoms with Gasteiger partial charge in [-0.25, -0.2) is 0 Å². The molecule has 4 aromatic carbocycles. The molecule has 6 nitrogen and oxygen atoms in total. The highest BCUT2D eigenvalue weighted by atomic mass is 35.5. The molecule has 0 spiro atoms. The predicted octanol–water partition coefficient (Wildman–Crippen LogP) is 11.4. The lowest BCUT2D eigenvalue weighted by atomic mass is 9.96. The molecular weight excluding hydrogens is 784 g/mol. The minimum atomic E-state index is -1.14. The van der Waals surface area contributed by atoms with Gasteiger partial charge < -0.3 is 0 Å². The van der Waals surface area contributed by atoms with Crippen molar-refractivity contribution in [2.75, 3.05) is 0 Å². The molecule has 0 saturated carbocycles. The quantitative estimate of drug-likeness (QED) is 0.138. The summed E-state index contributed by atoms with van der Waals surface area (Å²) < 4.78 is 3.76. The molecule has 2 heterocycles. The minimum absolute atomic E-state index is 0.274. The fourth-order valence-corrected chi connectivity index (χ4v) is 9.63. The van der Waals surface area contributed by atoms with E-state index in [-0.39, 0.29) is 12.8 Å². The van der Waals surface area contributed by atoms with E-state index in [2.05, 4.69) is 20.4 Å². The molecule has 2 unspecified atom stereocenters. The summed E-state index contributed by atoms with van der Waals surface area (Å²) in [6.45, 7) is 0. The second-order valence-corrected chi connectivity index (χ2v) is 15.4. The first-order valence-corrected chi connectivity index (χ1v) is 17.5. The van der Waals surface area contributed by atoms with E-state index in [0.29, 0.717) is 51.3 Å². The lowest BCUT2D eigenvalue weighted by Crippen LogP contribution is -2.44. The predicted molar refractivity (Wildman–Crippen MR) is 195 cm³/mol. The molecule has 15 heteroatoms. The monoisotopic (exact) mass is 800 g/mol. The third-order valence-corrected chi connectivity index (χ3v) is 11.7. The van der Waals surface area contributed by atoms with Crippen LogP contribution in [-0.2, 0) is 22.6 Å². The van der Waals surface area contributed by atoms with E-state index in [1.165, 1.54) is 11.8 Å². The molecule has 6 aromatic rings. The fraction of sp³-hybridized carbons (Fsp3) is 0.125. The van der Waals surface area contributed by atoms with Gasteiger partial charge in [-0.15, -0.1) is 20.4 Å². The van der Waals surface area contributed by atoms with Crippen LogP contribution in [0.4, 0.5) is 0 Å². The Labute approximate surface area is 314 Å². The van der Waals surface area contributed by atoms with Crippen molar-refractivity contribution in [2.24, 2.45) is 0 Å². The first-order valence-electron chi connectivity index (χ1n) is 13.7. The van der Waals surface area contributed by atoms with Gasteiger partial charge in [-0.3, -0.25) is 9.13 Å². The Morgan fingerprint density at radius 2 is 0.766 bits per heavy atom. The first-order chi connectivity index (χ1) is 22.5. The maximum atomic E-state index is 7.10. The minimum Gasteiger partial charge on any atom is -0.300 e. The zero-order chi connectivity index (χ0) is 33.3. The van der Waals surface area contributed by atoms with E-state index in [0.717, 1.165) is 11.1 Å². The zero-order valence-electron chi connectivity index (χ0n) is 23.8. The molecule has 0 amide bonds. The van der Waals surface area contributed by atoms with Gasteiger partial charge >= 0.3 is 0 Å².